The molecular formula is HGdO4S. The number of hydrogen-bond donors (Lipinski definition) is 1. The minimum absolute atomic E-state index is 2.47. The van der Waals surface area contributed by atoms with Crippen LogP contribution in [0.2, 0.25) is 0 Å². The van der Waals surface area contributed by atoms with Crippen molar-refractivity contribution < 1.29 is 48.2 Å². The molecule has 0 aromatic heterocycles. The molecule has 0 aromatic rings. The standard InChI is InChI=1S/Gd.HO3S.O/c;1-4(2)3;/h;(H,1,2,3);. The van der Waals surface area contributed by atoms with Crippen LogP contribution in [0.1, 0.15) is 0 Å². The van der Waals surface area contributed by atoms with Gasteiger partial charge in [-0.05, 0) is 0 Å². The van der Waals surface area contributed by atoms with Gasteiger partial charge in [-0.2, -0.15) is 0 Å². The second-order valence-corrected chi connectivity index (χ2v) is 6.02. The van der Waals surface area contributed by atoms with Crippen molar-refractivity contribution in [3.8, 4) is 0 Å². The summed E-state index contributed by atoms with van der Waals surface area (Å²) < 4.78 is 31.3. The van der Waals surface area contributed by atoms with Crippen LogP contribution in [-0.4, -0.2) is 13.0 Å². The summed E-state index contributed by atoms with van der Waals surface area (Å²) in [6.45, 7) is 0. The first-order chi connectivity index (χ1) is 2.56. The van der Waals surface area contributed by atoms with Crippen molar-refractivity contribution in [1.29, 1.82) is 0 Å². The van der Waals surface area contributed by atoms with E-state index in [1.807, 2.05) is 0 Å². The van der Waals surface area contributed by atoms with Gasteiger partial charge in [-0.15, -0.1) is 0 Å². The van der Waals surface area contributed by atoms with Crippen molar-refractivity contribution in [2.75, 3.05) is 0 Å². The van der Waals surface area contributed by atoms with E-state index in [-0.39, 0.29) is 0 Å². The maximum atomic E-state index is 9.30. The predicted octanol–water partition coefficient (Wildman–Crippen LogP) is -0.780. The second kappa shape index (κ2) is 2.37. The fourth-order valence-electron chi connectivity index (χ4n) is 0. The first-order valence-corrected chi connectivity index (χ1v) is 5.83. The van der Waals surface area contributed by atoms with Crippen molar-refractivity contribution in [3.05, 3.63) is 0 Å². The summed E-state index contributed by atoms with van der Waals surface area (Å²) in [6.07, 6.45) is 0. The van der Waals surface area contributed by atoms with E-state index in [1.165, 1.54) is 0 Å². The van der Waals surface area contributed by atoms with Crippen LogP contribution in [-0.2, 0) is 5.38 Å². The van der Waals surface area contributed by atoms with Gasteiger partial charge in [-0.25, -0.2) is 0 Å². The molecule has 0 aromatic carbocycles. The molecule has 0 bridgehead atoms. The summed E-state index contributed by atoms with van der Waals surface area (Å²) in [5.41, 5.74) is 0. The van der Waals surface area contributed by atoms with E-state index in [0.717, 1.165) is 0 Å². The Morgan fingerprint density at radius 3 is 1.67 bits per heavy atom. The maximum absolute atomic E-state index is 9.30. The van der Waals surface area contributed by atoms with Gasteiger partial charge >= 0.3 is 52.4 Å². The van der Waals surface area contributed by atoms with Gasteiger partial charge in [0.25, 0.3) is 0 Å². The van der Waals surface area contributed by atoms with Gasteiger partial charge in [-0.1, -0.05) is 0 Å². The molecule has 0 radical (unpaired) electrons. The van der Waals surface area contributed by atoms with E-state index >= 15 is 0 Å². The molecule has 0 atom stereocenters. The third-order valence-electron chi connectivity index (χ3n) is 0.0745. The normalized spacial score (nSPS) is 11.5. The molecule has 39 valence electrons. The Morgan fingerprint density at radius 2 is 1.67 bits per heavy atom. The fraction of sp³-hybridized carbons (Fsp3) is 0. The number of rotatable bonds is 1. The predicted molar refractivity (Wildman–Crippen MR) is 12.2 cm³/mol. The molecule has 4 nitrogen and oxygen atoms in total. The SMILES string of the molecule is [O]=[Gd][S](=O)(=O)O. The molecule has 6 heavy (non-hydrogen) atoms. The molecule has 0 aliphatic rings. The van der Waals surface area contributed by atoms with E-state index in [4.69, 9.17) is 4.55 Å². The quantitative estimate of drug-likeness (QED) is 0.623. The van der Waals surface area contributed by atoms with Crippen molar-refractivity contribution in [3.63, 3.8) is 0 Å². The van der Waals surface area contributed by atoms with Gasteiger partial charge in [0.15, 0.2) is 0 Å². The van der Waals surface area contributed by atoms with Gasteiger partial charge in [0, 0.05) is 0 Å². The zero-order valence-corrected chi connectivity index (χ0v) is 5.52. The molecule has 0 saturated heterocycles. The zero-order chi connectivity index (χ0) is 5.21. The molecular weight excluding hydrogens is 253 g/mol. The van der Waals surface area contributed by atoms with Crippen LogP contribution in [0.25, 0.3) is 0 Å². The average Bonchev–Trinajstić information content (AvgIpc) is 1.35. The van der Waals surface area contributed by atoms with Crippen LogP contribution in [0.3, 0.4) is 0 Å². The summed E-state index contributed by atoms with van der Waals surface area (Å²) in [7, 11) is 0. The van der Waals surface area contributed by atoms with E-state index in [1.54, 1.807) is 0 Å². The summed E-state index contributed by atoms with van der Waals surface area (Å²) in [5, 5.41) is 0. The van der Waals surface area contributed by atoms with Crippen LogP contribution in [0.15, 0.2) is 0 Å². The van der Waals surface area contributed by atoms with Crippen LogP contribution in [0.5, 0.6) is 0 Å². The van der Waals surface area contributed by atoms with E-state index in [0.29, 0.717) is 0 Å². The summed E-state index contributed by atoms with van der Waals surface area (Å²) in [6, 6.07) is 0. The van der Waals surface area contributed by atoms with Crippen molar-refractivity contribution in [1.82, 2.24) is 0 Å². The van der Waals surface area contributed by atoms with E-state index in [9.17, 15) is 9.58 Å². The Morgan fingerprint density at radius 1 is 1.50 bits per heavy atom. The molecule has 0 heterocycles. The molecule has 0 unspecified atom stereocenters. The van der Waals surface area contributed by atoms with Gasteiger partial charge in [0.05, 0.1) is 0 Å². The van der Waals surface area contributed by atoms with Crippen LogP contribution < -0.4 is 0 Å². The van der Waals surface area contributed by atoms with Gasteiger partial charge < -0.3 is 0 Å². The fourth-order valence-corrected chi connectivity index (χ4v) is 0. The monoisotopic (exact) mass is 255 g/mol. The van der Waals surface area contributed by atoms with Crippen molar-refractivity contribution >= 4 is 4.22 Å². The topological polar surface area (TPSA) is 71.4 Å². The molecule has 0 amide bonds. The average molecular weight is 254 g/mol. The minimum atomic E-state index is -4.08. The summed E-state index contributed by atoms with van der Waals surface area (Å²) in [5.74, 6) is 0. The van der Waals surface area contributed by atoms with Gasteiger partial charge in [0.2, 0.25) is 0 Å². The molecule has 0 aliphatic carbocycles. The van der Waals surface area contributed by atoms with Gasteiger partial charge in [-0.3, -0.25) is 0 Å². The van der Waals surface area contributed by atoms with Crippen LogP contribution in [0.4, 0.5) is 0 Å². The summed E-state index contributed by atoms with van der Waals surface area (Å²) >= 11 is -2.47. The van der Waals surface area contributed by atoms with Gasteiger partial charge in [0.1, 0.15) is 0 Å². The molecule has 6 heteroatoms. The molecule has 0 rings (SSSR count). The van der Waals surface area contributed by atoms with Crippen molar-refractivity contribution in [2.45, 2.75) is 0 Å². The molecule has 0 spiro atoms. The molecule has 0 saturated carbocycles. The van der Waals surface area contributed by atoms with Crippen LogP contribution in [0, 0.1) is 34.1 Å². The Bertz CT molecular complexity index is 118. The van der Waals surface area contributed by atoms with E-state index in [2.05, 4.69) is 0 Å². The Labute approximate surface area is 51.8 Å². The third kappa shape index (κ3) is 5.03. The Kier molecular flexibility index (Phi) is 2.78. The summed E-state index contributed by atoms with van der Waals surface area (Å²) in [4.78, 5) is 0. The Hall–Kier alpha value is 1.03. The molecule has 1 N–H and O–H groups in total. The zero-order valence-electron chi connectivity index (χ0n) is 2.43. The van der Waals surface area contributed by atoms with Crippen LogP contribution >= 0.6 is 0 Å². The first kappa shape index (κ1) is 7.03. The molecule has 0 aliphatic heterocycles. The number of hydrogen-bond acceptors (Lipinski definition) is 3. The first-order valence-electron chi connectivity index (χ1n) is 0.805. The van der Waals surface area contributed by atoms with Crippen molar-refractivity contribution in [2.24, 2.45) is 0 Å². The second-order valence-electron chi connectivity index (χ2n) is 0.458. The Balaban J connectivity index is 4.25. The molecule has 0 fully saturated rings. The third-order valence-corrected chi connectivity index (χ3v) is 1.66. The van der Waals surface area contributed by atoms with E-state index < -0.39 is 38.3 Å².